The third-order valence-electron chi connectivity index (χ3n) is 4.82. The van der Waals surface area contributed by atoms with Gasteiger partial charge in [-0.2, -0.15) is 0 Å². The highest BCUT2D eigenvalue weighted by Gasteiger charge is 2.31. The number of hydrogen-bond donors (Lipinski definition) is 1. The standard InChI is InChI=1S/C21H18ClNO2S/c22-17-7-5-15(6-8-17)20-11-16(13-26-20)21(25)23-10-9-14-3-1-2-4-18(14)19(23)12-24/h1-8,11,13,19,24H,9-10,12H2. The Bertz CT molecular complexity index is 935. The van der Waals surface area contributed by atoms with Gasteiger partial charge in [-0.3, -0.25) is 4.79 Å². The average Bonchev–Trinajstić information content (AvgIpc) is 3.17. The van der Waals surface area contributed by atoms with E-state index in [1.165, 1.54) is 5.56 Å². The van der Waals surface area contributed by atoms with Crippen LogP contribution in [0.5, 0.6) is 0 Å². The van der Waals surface area contributed by atoms with E-state index in [1.54, 1.807) is 16.2 Å². The van der Waals surface area contributed by atoms with Gasteiger partial charge < -0.3 is 10.0 Å². The Hall–Kier alpha value is -2.14. The third kappa shape index (κ3) is 3.16. The molecule has 3 aromatic rings. The minimum absolute atomic E-state index is 0.0324. The summed E-state index contributed by atoms with van der Waals surface area (Å²) in [6.07, 6.45) is 0.812. The molecule has 1 unspecified atom stereocenters. The number of benzene rings is 2. The number of fused-ring (bicyclic) bond motifs is 1. The predicted octanol–water partition coefficient (Wildman–Crippen LogP) is 4.80. The molecule has 2 aromatic carbocycles. The number of aliphatic hydroxyl groups excluding tert-OH is 1. The number of thiophene rings is 1. The molecule has 0 aliphatic carbocycles. The van der Waals surface area contributed by atoms with Crippen molar-refractivity contribution in [1.29, 1.82) is 0 Å². The zero-order valence-electron chi connectivity index (χ0n) is 14.1. The first kappa shape index (κ1) is 17.3. The van der Waals surface area contributed by atoms with Crippen molar-refractivity contribution in [1.82, 2.24) is 4.90 Å². The van der Waals surface area contributed by atoms with Crippen LogP contribution in [0.3, 0.4) is 0 Å². The second kappa shape index (κ2) is 7.23. The van der Waals surface area contributed by atoms with Crippen LogP contribution in [-0.2, 0) is 6.42 Å². The van der Waals surface area contributed by atoms with Crippen LogP contribution >= 0.6 is 22.9 Å². The maximum absolute atomic E-state index is 13.1. The Balaban J connectivity index is 1.61. The molecule has 0 spiro atoms. The summed E-state index contributed by atoms with van der Waals surface area (Å²) in [6, 6.07) is 17.3. The smallest absolute Gasteiger partial charge is 0.255 e. The van der Waals surface area contributed by atoms with Crippen LogP contribution in [0.1, 0.15) is 27.5 Å². The Morgan fingerprint density at radius 3 is 2.73 bits per heavy atom. The summed E-state index contributed by atoms with van der Waals surface area (Å²) in [6.45, 7) is 0.546. The van der Waals surface area contributed by atoms with E-state index in [1.807, 2.05) is 53.9 Å². The SMILES string of the molecule is O=C(c1csc(-c2ccc(Cl)cc2)c1)N1CCc2ccccc2C1CO. The summed E-state index contributed by atoms with van der Waals surface area (Å²) in [5.41, 5.74) is 3.96. The summed E-state index contributed by atoms with van der Waals surface area (Å²) < 4.78 is 0. The Morgan fingerprint density at radius 1 is 1.19 bits per heavy atom. The van der Waals surface area contributed by atoms with Gasteiger partial charge in [-0.25, -0.2) is 0 Å². The number of halogens is 1. The van der Waals surface area contributed by atoms with Gasteiger partial charge in [0.1, 0.15) is 0 Å². The van der Waals surface area contributed by atoms with E-state index in [0.717, 1.165) is 22.4 Å². The third-order valence-corrected chi connectivity index (χ3v) is 6.05. The van der Waals surface area contributed by atoms with Crippen LogP contribution in [0.25, 0.3) is 10.4 Å². The summed E-state index contributed by atoms with van der Waals surface area (Å²) in [5.74, 6) is -0.0324. The van der Waals surface area contributed by atoms with Gasteiger partial charge >= 0.3 is 0 Å². The molecule has 1 aliphatic heterocycles. The monoisotopic (exact) mass is 383 g/mol. The average molecular weight is 384 g/mol. The predicted molar refractivity (Wildman–Crippen MR) is 106 cm³/mol. The first-order valence-corrected chi connectivity index (χ1v) is 9.77. The minimum Gasteiger partial charge on any atom is -0.394 e. The largest absolute Gasteiger partial charge is 0.394 e. The molecule has 132 valence electrons. The molecule has 5 heteroatoms. The van der Waals surface area contributed by atoms with Crippen molar-refractivity contribution < 1.29 is 9.90 Å². The molecule has 1 N–H and O–H groups in total. The molecule has 1 aromatic heterocycles. The van der Waals surface area contributed by atoms with E-state index in [0.29, 0.717) is 17.1 Å². The van der Waals surface area contributed by atoms with Crippen molar-refractivity contribution in [2.24, 2.45) is 0 Å². The molecule has 2 heterocycles. The number of amides is 1. The Kier molecular flexibility index (Phi) is 4.81. The molecule has 3 nitrogen and oxygen atoms in total. The number of carbonyl (C=O) groups is 1. The lowest BCUT2D eigenvalue weighted by Gasteiger charge is -2.36. The Morgan fingerprint density at radius 2 is 1.96 bits per heavy atom. The number of carbonyl (C=O) groups excluding carboxylic acids is 1. The topological polar surface area (TPSA) is 40.5 Å². The van der Waals surface area contributed by atoms with Gasteiger partial charge in [0, 0.05) is 21.8 Å². The van der Waals surface area contributed by atoms with E-state index in [2.05, 4.69) is 6.07 Å². The lowest BCUT2D eigenvalue weighted by atomic mass is 9.92. The van der Waals surface area contributed by atoms with E-state index in [9.17, 15) is 9.90 Å². The molecule has 1 aliphatic rings. The van der Waals surface area contributed by atoms with Crippen molar-refractivity contribution in [3.05, 3.63) is 81.7 Å². The van der Waals surface area contributed by atoms with E-state index < -0.39 is 0 Å². The molecule has 0 radical (unpaired) electrons. The molecular formula is C21H18ClNO2S. The van der Waals surface area contributed by atoms with E-state index >= 15 is 0 Å². The van der Waals surface area contributed by atoms with Crippen molar-refractivity contribution in [2.45, 2.75) is 12.5 Å². The molecule has 0 saturated carbocycles. The molecular weight excluding hydrogens is 366 g/mol. The van der Waals surface area contributed by atoms with Gasteiger partial charge in [-0.1, -0.05) is 48.0 Å². The molecule has 1 amide bonds. The van der Waals surface area contributed by atoms with Gasteiger partial charge in [-0.05, 0) is 41.3 Å². The van der Waals surface area contributed by atoms with Crippen LogP contribution in [-0.4, -0.2) is 29.1 Å². The molecule has 1 atom stereocenters. The molecule has 0 fully saturated rings. The van der Waals surface area contributed by atoms with Crippen molar-refractivity contribution in [3.8, 4) is 10.4 Å². The second-order valence-corrected chi connectivity index (χ2v) is 7.70. The van der Waals surface area contributed by atoms with Crippen molar-refractivity contribution in [2.75, 3.05) is 13.2 Å². The maximum atomic E-state index is 13.1. The van der Waals surface area contributed by atoms with Gasteiger partial charge in [0.05, 0.1) is 18.2 Å². The quantitative estimate of drug-likeness (QED) is 0.705. The highest BCUT2D eigenvalue weighted by Crippen LogP contribution is 2.33. The number of rotatable bonds is 3. The number of aliphatic hydroxyl groups is 1. The van der Waals surface area contributed by atoms with Crippen LogP contribution in [0.2, 0.25) is 5.02 Å². The summed E-state index contributed by atoms with van der Waals surface area (Å²) in [5, 5.41) is 12.5. The minimum atomic E-state index is -0.286. The highest BCUT2D eigenvalue weighted by molar-refractivity contribution is 7.13. The fourth-order valence-corrected chi connectivity index (χ4v) is 4.49. The van der Waals surface area contributed by atoms with Gasteiger partial charge in [0.25, 0.3) is 5.91 Å². The van der Waals surface area contributed by atoms with E-state index in [4.69, 9.17) is 11.6 Å². The Labute approximate surface area is 161 Å². The zero-order chi connectivity index (χ0) is 18.1. The van der Waals surface area contributed by atoms with Crippen LogP contribution in [0.15, 0.2) is 60.0 Å². The zero-order valence-corrected chi connectivity index (χ0v) is 15.6. The molecule has 4 rings (SSSR count). The van der Waals surface area contributed by atoms with E-state index in [-0.39, 0.29) is 18.6 Å². The number of nitrogens with zero attached hydrogens (tertiary/aromatic N) is 1. The lowest BCUT2D eigenvalue weighted by molar-refractivity contribution is 0.0569. The first-order valence-electron chi connectivity index (χ1n) is 8.51. The second-order valence-electron chi connectivity index (χ2n) is 6.35. The molecule has 26 heavy (non-hydrogen) atoms. The van der Waals surface area contributed by atoms with Crippen LogP contribution in [0, 0.1) is 0 Å². The highest BCUT2D eigenvalue weighted by atomic mass is 35.5. The lowest BCUT2D eigenvalue weighted by Crippen LogP contribution is -2.41. The summed E-state index contributed by atoms with van der Waals surface area (Å²) in [4.78, 5) is 15.9. The molecule has 0 bridgehead atoms. The van der Waals surface area contributed by atoms with Crippen LogP contribution in [0.4, 0.5) is 0 Å². The number of hydrogen-bond acceptors (Lipinski definition) is 3. The van der Waals surface area contributed by atoms with Crippen molar-refractivity contribution in [3.63, 3.8) is 0 Å². The van der Waals surface area contributed by atoms with Gasteiger partial charge in [0.2, 0.25) is 0 Å². The molecule has 0 saturated heterocycles. The fraction of sp³-hybridized carbons (Fsp3) is 0.190. The van der Waals surface area contributed by atoms with Crippen molar-refractivity contribution >= 4 is 28.8 Å². The summed E-state index contributed by atoms with van der Waals surface area (Å²) >= 11 is 7.49. The normalized spacial score (nSPS) is 16.4. The maximum Gasteiger partial charge on any atom is 0.255 e. The van der Waals surface area contributed by atoms with Gasteiger partial charge in [0.15, 0.2) is 0 Å². The summed E-state index contributed by atoms with van der Waals surface area (Å²) in [7, 11) is 0. The van der Waals surface area contributed by atoms with Gasteiger partial charge in [-0.15, -0.1) is 11.3 Å². The fourth-order valence-electron chi connectivity index (χ4n) is 3.47. The first-order chi connectivity index (χ1) is 12.7. The van der Waals surface area contributed by atoms with Crippen LogP contribution < -0.4 is 0 Å².